The van der Waals surface area contributed by atoms with Gasteiger partial charge in [0.05, 0.1) is 11.1 Å². The van der Waals surface area contributed by atoms with Crippen molar-refractivity contribution < 1.29 is 9.59 Å². The van der Waals surface area contributed by atoms with Crippen molar-refractivity contribution in [1.29, 1.82) is 0 Å². The molecular formula is C15H21N5O2S. The number of hydrogen-bond donors (Lipinski definition) is 4. The van der Waals surface area contributed by atoms with E-state index in [1.165, 1.54) is 11.3 Å². The zero-order valence-electron chi connectivity index (χ0n) is 13.2. The summed E-state index contributed by atoms with van der Waals surface area (Å²) in [6, 6.07) is 1.63. The number of thiazole rings is 1. The van der Waals surface area contributed by atoms with Crippen molar-refractivity contribution in [1.82, 2.24) is 9.97 Å². The number of carbonyl (C=O) groups is 2. The monoisotopic (exact) mass is 335 g/mol. The van der Waals surface area contributed by atoms with Crippen LogP contribution in [0.1, 0.15) is 37.2 Å². The summed E-state index contributed by atoms with van der Waals surface area (Å²) in [7, 11) is 0. The molecule has 0 aliphatic carbocycles. The van der Waals surface area contributed by atoms with Crippen LogP contribution in [0.2, 0.25) is 0 Å². The fourth-order valence-corrected chi connectivity index (χ4v) is 3.05. The number of carbonyl (C=O) groups excluding carboxylic acids is 2. The molecule has 23 heavy (non-hydrogen) atoms. The van der Waals surface area contributed by atoms with E-state index in [2.05, 4.69) is 15.3 Å². The Balaban J connectivity index is 2.16. The molecule has 0 saturated carbocycles. The number of amides is 2. The summed E-state index contributed by atoms with van der Waals surface area (Å²) in [6.45, 7) is 4.20. The van der Waals surface area contributed by atoms with Gasteiger partial charge in [0, 0.05) is 23.7 Å². The molecule has 0 atom stereocenters. The third kappa shape index (κ3) is 3.43. The molecule has 8 heteroatoms. The van der Waals surface area contributed by atoms with Crippen molar-refractivity contribution in [2.45, 2.75) is 26.7 Å². The van der Waals surface area contributed by atoms with Crippen LogP contribution >= 0.6 is 11.3 Å². The number of nitrogens with zero attached hydrogens (tertiary/aromatic N) is 1. The van der Waals surface area contributed by atoms with Crippen LogP contribution in [0.4, 0.5) is 5.13 Å². The van der Waals surface area contributed by atoms with Gasteiger partial charge in [0.2, 0.25) is 5.91 Å². The van der Waals surface area contributed by atoms with Gasteiger partial charge in [-0.2, -0.15) is 0 Å². The second-order valence-corrected chi connectivity index (χ2v) is 6.21. The molecule has 2 aromatic rings. The zero-order valence-corrected chi connectivity index (χ0v) is 14.0. The minimum atomic E-state index is -0.570. The number of nitrogens with one attached hydrogen (secondary N) is 2. The second-order valence-electron chi connectivity index (χ2n) is 5.35. The summed E-state index contributed by atoms with van der Waals surface area (Å²) in [5.41, 5.74) is 12.2. The maximum atomic E-state index is 12.5. The summed E-state index contributed by atoms with van der Waals surface area (Å²) >= 11 is 1.32. The maximum absolute atomic E-state index is 12.5. The molecule has 0 spiro atoms. The second kappa shape index (κ2) is 6.93. The molecule has 2 amide bonds. The largest absolute Gasteiger partial charge is 0.364 e. The lowest BCUT2D eigenvalue weighted by molar-refractivity contribution is -0.125. The molecule has 0 unspecified atom stereocenters. The predicted molar refractivity (Wildman–Crippen MR) is 91.1 cm³/mol. The van der Waals surface area contributed by atoms with E-state index in [0.717, 1.165) is 5.56 Å². The number of H-pyrrole nitrogens is 1. The van der Waals surface area contributed by atoms with E-state index in [9.17, 15) is 9.59 Å². The van der Waals surface area contributed by atoms with E-state index >= 15 is 0 Å². The minimum absolute atomic E-state index is 0.113. The Kier molecular flexibility index (Phi) is 5.17. The number of hydrogen-bond acceptors (Lipinski definition) is 5. The average Bonchev–Trinajstić information content (AvgIpc) is 3.18. The maximum Gasteiger partial charge on any atom is 0.265 e. The summed E-state index contributed by atoms with van der Waals surface area (Å²) in [4.78, 5) is 30.8. The van der Waals surface area contributed by atoms with Gasteiger partial charge in [-0.15, -0.1) is 11.3 Å². The van der Waals surface area contributed by atoms with E-state index in [1.807, 2.05) is 19.2 Å². The smallest absolute Gasteiger partial charge is 0.265 e. The number of aromatic nitrogens is 2. The zero-order chi connectivity index (χ0) is 17.0. The van der Waals surface area contributed by atoms with Gasteiger partial charge in [-0.1, -0.05) is 13.8 Å². The molecule has 2 rings (SSSR count). The molecule has 0 saturated heterocycles. The van der Waals surface area contributed by atoms with Crippen molar-refractivity contribution >= 4 is 28.3 Å². The van der Waals surface area contributed by atoms with Gasteiger partial charge in [0.15, 0.2) is 5.13 Å². The van der Waals surface area contributed by atoms with E-state index < -0.39 is 11.3 Å². The van der Waals surface area contributed by atoms with Crippen LogP contribution in [-0.4, -0.2) is 28.3 Å². The van der Waals surface area contributed by atoms with Gasteiger partial charge in [-0.25, -0.2) is 4.98 Å². The number of primary amides is 1. The number of rotatable bonds is 7. The molecule has 0 radical (unpaired) electrons. The highest BCUT2D eigenvalue weighted by Gasteiger charge is 2.33. The first-order chi connectivity index (χ1) is 11.0. The molecule has 7 nitrogen and oxygen atoms in total. The molecule has 0 fully saturated rings. The van der Waals surface area contributed by atoms with Crippen LogP contribution in [-0.2, 0) is 4.79 Å². The van der Waals surface area contributed by atoms with Crippen LogP contribution in [0, 0.1) is 5.41 Å². The SMILES string of the molecule is CCC(CC)(CN)C(=O)Nc1nc(-c2c[nH]c(C(N)=O)c2)cs1. The van der Waals surface area contributed by atoms with Crippen molar-refractivity contribution in [2.75, 3.05) is 11.9 Å². The van der Waals surface area contributed by atoms with Crippen LogP contribution in [0.5, 0.6) is 0 Å². The Morgan fingerprint density at radius 1 is 1.39 bits per heavy atom. The molecule has 2 aromatic heterocycles. The third-order valence-corrected chi connectivity index (χ3v) is 4.95. The Morgan fingerprint density at radius 2 is 2.09 bits per heavy atom. The van der Waals surface area contributed by atoms with Crippen LogP contribution in [0.25, 0.3) is 11.3 Å². The third-order valence-electron chi connectivity index (χ3n) is 4.19. The summed E-state index contributed by atoms with van der Waals surface area (Å²) in [5.74, 6) is -0.642. The van der Waals surface area contributed by atoms with Crippen molar-refractivity contribution in [3.05, 3.63) is 23.3 Å². The quantitative estimate of drug-likeness (QED) is 0.616. The lowest BCUT2D eigenvalue weighted by Gasteiger charge is -2.27. The van der Waals surface area contributed by atoms with Gasteiger partial charge in [-0.05, 0) is 18.9 Å². The lowest BCUT2D eigenvalue weighted by Crippen LogP contribution is -2.41. The summed E-state index contributed by atoms with van der Waals surface area (Å²) in [5, 5.41) is 5.16. The fraction of sp³-hybridized carbons (Fsp3) is 0.400. The van der Waals surface area contributed by atoms with Crippen molar-refractivity contribution in [2.24, 2.45) is 16.9 Å². The molecule has 124 valence electrons. The van der Waals surface area contributed by atoms with E-state index in [1.54, 1.807) is 12.3 Å². The standard InChI is InChI=1S/C15H21N5O2S/c1-3-15(4-2,8-16)13(22)20-14-19-11(7-23-14)9-5-10(12(17)21)18-6-9/h5-7,18H,3-4,8,16H2,1-2H3,(H2,17,21)(H,19,20,22). The summed E-state index contributed by atoms with van der Waals surface area (Å²) in [6.07, 6.45) is 3.00. The van der Waals surface area contributed by atoms with Gasteiger partial charge in [0.25, 0.3) is 5.91 Å². The number of anilines is 1. The van der Waals surface area contributed by atoms with Gasteiger partial charge in [-0.3, -0.25) is 9.59 Å². The van der Waals surface area contributed by atoms with Crippen LogP contribution < -0.4 is 16.8 Å². The summed E-state index contributed by atoms with van der Waals surface area (Å²) < 4.78 is 0. The average molecular weight is 335 g/mol. The van der Waals surface area contributed by atoms with Gasteiger partial charge >= 0.3 is 0 Å². The molecule has 0 bridgehead atoms. The first-order valence-electron chi connectivity index (χ1n) is 7.41. The van der Waals surface area contributed by atoms with Crippen molar-refractivity contribution in [3.63, 3.8) is 0 Å². The van der Waals surface area contributed by atoms with E-state index in [-0.39, 0.29) is 5.91 Å². The topological polar surface area (TPSA) is 127 Å². The first-order valence-corrected chi connectivity index (χ1v) is 8.29. The normalized spacial score (nSPS) is 11.4. The Hall–Kier alpha value is -2.19. The highest BCUT2D eigenvalue weighted by Crippen LogP contribution is 2.30. The van der Waals surface area contributed by atoms with E-state index in [0.29, 0.717) is 35.9 Å². The highest BCUT2D eigenvalue weighted by atomic mass is 32.1. The fourth-order valence-electron chi connectivity index (χ4n) is 2.33. The van der Waals surface area contributed by atoms with Crippen LogP contribution in [0.3, 0.4) is 0 Å². The molecule has 6 N–H and O–H groups in total. The van der Waals surface area contributed by atoms with E-state index in [4.69, 9.17) is 11.5 Å². The molecule has 2 heterocycles. The van der Waals surface area contributed by atoms with Gasteiger partial charge < -0.3 is 21.8 Å². The van der Waals surface area contributed by atoms with Gasteiger partial charge in [0.1, 0.15) is 5.69 Å². The number of nitrogens with two attached hydrogens (primary N) is 2. The molecule has 0 aliphatic rings. The molecule has 0 aliphatic heterocycles. The Bertz CT molecular complexity index is 694. The van der Waals surface area contributed by atoms with Crippen molar-refractivity contribution in [3.8, 4) is 11.3 Å². The highest BCUT2D eigenvalue weighted by molar-refractivity contribution is 7.14. The Morgan fingerprint density at radius 3 is 2.61 bits per heavy atom. The molecule has 0 aromatic carbocycles. The minimum Gasteiger partial charge on any atom is -0.364 e. The number of aromatic amines is 1. The predicted octanol–water partition coefficient (Wildman–Crippen LogP) is 1.94. The lowest BCUT2D eigenvalue weighted by atomic mass is 9.81. The Labute approximate surface area is 138 Å². The molecular weight excluding hydrogens is 314 g/mol. The van der Waals surface area contributed by atoms with Crippen LogP contribution in [0.15, 0.2) is 17.6 Å². The first kappa shape index (κ1) is 17.2.